The second-order valence-electron chi connectivity index (χ2n) is 3.68. The second kappa shape index (κ2) is 5.99. The van der Waals surface area contributed by atoms with Crippen LogP contribution in [0.5, 0.6) is 11.5 Å². The first-order valence-corrected chi connectivity index (χ1v) is 5.93. The minimum absolute atomic E-state index is 0.0276. The molecule has 0 aliphatic carbocycles. The van der Waals surface area contributed by atoms with Gasteiger partial charge < -0.3 is 10.2 Å². The summed E-state index contributed by atoms with van der Waals surface area (Å²) in [5.74, 6) is 0.0909. The lowest BCUT2D eigenvalue weighted by Crippen LogP contribution is -1.95. The van der Waals surface area contributed by atoms with E-state index in [4.69, 9.17) is 23.2 Å². The molecule has 17 heavy (non-hydrogen) atoms. The Bertz CT molecular complexity index is 461. The molecule has 0 amide bonds. The number of aromatic hydroxyl groups is 2. The number of hydrogen-bond acceptors (Lipinski definition) is 2. The van der Waals surface area contributed by atoms with Crippen molar-refractivity contribution in [3.63, 3.8) is 0 Å². The van der Waals surface area contributed by atoms with E-state index in [0.29, 0.717) is 11.1 Å². The Hall–Kier alpha value is -1.12. The Balaban J connectivity index is 3.44. The van der Waals surface area contributed by atoms with Crippen molar-refractivity contribution < 1.29 is 10.2 Å². The van der Waals surface area contributed by atoms with Crippen molar-refractivity contribution in [3.8, 4) is 11.5 Å². The zero-order valence-electron chi connectivity index (χ0n) is 9.61. The van der Waals surface area contributed by atoms with Gasteiger partial charge >= 0.3 is 0 Å². The number of hydrogen-bond donors (Lipinski definition) is 2. The van der Waals surface area contributed by atoms with E-state index in [1.807, 2.05) is 26.0 Å². The molecule has 0 aromatic heterocycles. The van der Waals surface area contributed by atoms with Gasteiger partial charge in [0.2, 0.25) is 0 Å². The highest BCUT2D eigenvalue weighted by Crippen LogP contribution is 2.37. The van der Waals surface area contributed by atoms with Gasteiger partial charge in [0.25, 0.3) is 0 Å². The first-order valence-electron chi connectivity index (χ1n) is 5.17. The fraction of sp³-hybridized carbons (Fsp3) is 0.231. The Labute approximate surface area is 111 Å². The number of phenolic OH excluding ortho intramolecular Hbond substituents is 2. The van der Waals surface area contributed by atoms with Gasteiger partial charge in [0.15, 0.2) is 0 Å². The van der Waals surface area contributed by atoms with E-state index in [1.54, 1.807) is 0 Å². The van der Waals surface area contributed by atoms with Gasteiger partial charge in [-0.1, -0.05) is 42.3 Å². The number of phenols is 2. The van der Waals surface area contributed by atoms with Crippen LogP contribution in [0.15, 0.2) is 28.8 Å². The highest BCUT2D eigenvalue weighted by Gasteiger charge is 2.15. The summed E-state index contributed by atoms with van der Waals surface area (Å²) in [4.78, 5) is 0. The van der Waals surface area contributed by atoms with E-state index in [0.717, 1.165) is 0 Å². The third-order valence-corrected chi connectivity index (χ3v) is 2.65. The molecule has 4 heteroatoms. The largest absolute Gasteiger partial charge is 0.508 e. The summed E-state index contributed by atoms with van der Waals surface area (Å²) in [6, 6.07) is 2.86. The fourth-order valence-electron chi connectivity index (χ4n) is 1.74. The summed E-state index contributed by atoms with van der Waals surface area (Å²) in [7, 11) is 0. The first kappa shape index (κ1) is 13.9. The molecule has 0 fully saturated rings. The van der Waals surface area contributed by atoms with Gasteiger partial charge in [-0.15, -0.1) is 0 Å². The Kier molecular flexibility index (Phi) is 4.91. The number of allylic oxidation sites excluding steroid dienone is 2. The average molecular weight is 273 g/mol. The van der Waals surface area contributed by atoms with Crippen LogP contribution in [0.4, 0.5) is 0 Å². The standard InChI is InChI=1S/C13H14Cl2O2/c1-3-4-8(2)13-9(7-12(14)15)10(16)5-6-11(13)17/h3-8,16-17H,1-2H3. The maximum absolute atomic E-state index is 9.87. The fourth-order valence-corrected chi connectivity index (χ4v) is 1.96. The van der Waals surface area contributed by atoms with Gasteiger partial charge in [-0.2, -0.15) is 0 Å². The van der Waals surface area contributed by atoms with Crippen molar-refractivity contribution in [1.29, 1.82) is 0 Å². The minimum atomic E-state index is -0.0500. The molecule has 92 valence electrons. The van der Waals surface area contributed by atoms with E-state index in [1.165, 1.54) is 18.2 Å². The molecule has 0 spiro atoms. The van der Waals surface area contributed by atoms with Crippen molar-refractivity contribution in [2.45, 2.75) is 19.8 Å². The zero-order valence-corrected chi connectivity index (χ0v) is 11.1. The normalized spacial score (nSPS) is 12.7. The van der Waals surface area contributed by atoms with Gasteiger partial charge in [-0.05, 0) is 25.1 Å². The number of benzene rings is 1. The number of halogens is 2. The Morgan fingerprint density at radius 3 is 2.35 bits per heavy atom. The molecular weight excluding hydrogens is 259 g/mol. The predicted molar refractivity (Wildman–Crippen MR) is 72.7 cm³/mol. The topological polar surface area (TPSA) is 40.5 Å². The van der Waals surface area contributed by atoms with Crippen LogP contribution in [0.1, 0.15) is 30.9 Å². The second-order valence-corrected chi connectivity index (χ2v) is 4.69. The van der Waals surface area contributed by atoms with Crippen molar-refractivity contribution in [3.05, 3.63) is 39.9 Å². The Morgan fingerprint density at radius 1 is 1.24 bits per heavy atom. The lowest BCUT2D eigenvalue weighted by Gasteiger charge is -2.14. The van der Waals surface area contributed by atoms with Crippen molar-refractivity contribution in [2.75, 3.05) is 0 Å². The quantitative estimate of drug-likeness (QED) is 0.626. The summed E-state index contributed by atoms with van der Waals surface area (Å²) >= 11 is 11.2. The van der Waals surface area contributed by atoms with Crippen molar-refractivity contribution in [1.82, 2.24) is 0 Å². The lowest BCUT2D eigenvalue weighted by atomic mass is 9.93. The molecule has 0 saturated heterocycles. The molecule has 1 atom stereocenters. The van der Waals surface area contributed by atoms with Crippen molar-refractivity contribution in [2.24, 2.45) is 0 Å². The van der Waals surface area contributed by atoms with Crippen molar-refractivity contribution >= 4 is 29.3 Å². The van der Waals surface area contributed by atoms with E-state index in [9.17, 15) is 10.2 Å². The molecule has 1 aromatic carbocycles. The zero-order chi connectivity index (χ0) is 13.0. The van der Waals surface area contributed by atoms with Gasteiger partial charge in [0.05, 0.1) is 0 Å². The average Bonchev–Trinajstić information content (AvgIpc) is 2.23. The first-order chi connectivity index (χ1) is 7.97. The van der Waals surface area contributed by atoms with E-state index >= 15 is 0 Å². The monoisotopic (exact) mass is 272 g/mol. The maximum atomic E-state index is 9.87. The lowest BCUT2D eigenvalue weighted by molar-refractivity contribution is 0.451. The van der Waals surface area contributed by atoms with Gasteiger partial charge in [0.1, 0.15) is 16.0 Å². The van der Waals surface area contributed by atoms with Crippen LogP contribution in [-0.4, -0.2) is 10.2 Å². The summed E-state index contributed by atoms with van der Waals surface area (Å²) < 4.78 is 0.0276. The molecule has 0 radical (unpaired) electrons. The van der Waals surface area contributed by atoms with Crippen LogP contribution >= 0.6 is 23.2 Å². The van der Waals surface area contributed by atoms with Crippen LogP contribution in [0.2, 0.25) is 0 Å². The van der Waals surface area contributed by atoms with E-state index in [-0.39, 0.29) is 21.9 Å². The van der Waals surface area contributed by atoms with Gasteiger partial charge in [-0.3, -0.25) is 0 Å². The molecule has 0 heterocycles. The molecule has 1 aromatic rings. The molecule has 0 aliphatic rings. The third kappa shape index (κ3) is 3.42. The number of rotatable bonds is 3. The molecule has 0 bridgehead atoms. The molecule has 0 aliphatic heterocycles. The molecule has 1 unspecified atom stereocenters. The molecule has 2 nitrogen and oxygen atoms in total. The third-order valence-electron chi connectivity index (χ3n) is 2.43. The SMILES string of the molecule is CC=CC(C)c1c(O)ccc(O)c1C=C(Cl)Cl. The van der Waals surface area contributed by atoms with Crippen LogP contribution in [0.3, 0.4) is 0 Å². The summed E-state index contributed by atoms with van der Waals surface area (Å²) in [5.41, 5.74) is 1.04. The smallest absolute Gasteiger partial charge is 0.123 e. The minimum Gasteiger partial charge on any atom is -0.508 e. The summed E-state index contributed by atoms with van der Waals surface area (Å²) in [6.07, 6.45) is 5.21. The van der Waals surface area contributed by atoms with E-state index in [2.05, 4.69) is 0 Å². The Morgan fingerprint density at radius 2 is 1.82 bits per heavy atom. The van der Waals surface area contributed by atoms with Crippen LogP contribution in [0, 0.1) is 0 Å². The van der Waals surface area contributed by atoms with Crippen LogP contribution in [-0.2, 0) is 0 Å². The van der Waals surface area contributed by atoms with Crippen LogP contribution < -0.4 is 0 Å². The molecule has 0 saturated carbocycles. The van der Waals surface area contributed by atoms with Gasteiger partial charge in [-0.25, -0.2) is 0 Å². The molecular formula is C13H14Cl2O2. The highest BCUT2D eigenvalue weighted by atomic mass is 35.5. The van der Waals surface area contributed by atoms with Gasteiger partial charge in [0, 0.05) is 17.0 Å². The highest BCUT2D eigenvalue weighted by molar-refractivity contribution is 6.57. The molecule has 2 N–H and O–H groups in total. The summed E-state index contributed by atoms with van der Waals surface area (Å²) in [6.45, 7) is 3.80. The molecule has 1 rings (SSSR count). The van der Waals surface area contributed by atoms with Crippen LogP contribution in [0.25, 0.3) is 6.08 Å². The van der Waals surface area contributed by atoms with E-state index < -0.39 is 0 Å². The maximum Gasteiger partial charge on any atom is 0.123 e. The predicted octanol–water partition coefficient (Wildman–Crippen LogP) is 4.55. The summed E-state index contributed by atoms with van der Waals surface area (Å²) in [5, 5.41) is 19.7.